The van der Waals surface area contributed by atoms with Crippen LogP contribution in [0.25, 0.3) is 0 Å². The third-order valence-corrected chi connectivity index (χ3v) is 2.11. The van der Waals surface area contributed by atoms with Gasteiger partial charge in [-0.2, -0.15) is 0 Å². The first-order chi connectivity index (χ1) is 7.93. The highest BCUT2D eigenvalue weighted by Gasteiger charge is 2.06. The number of carboxylic acids is 1. The minimum Gasteiger partial charge on any atom is -0.481 e. The highest BCUT2D eigenvalue weighted by atomic mass is 16.5. The van der Waals surface area contributed by atoms with Gasteiger partial charge < -0.3 is 9.84 Å². The molecule has 4 nitrogen and oxygen atoms in total. The van der Waals surface area contributed by atoms with Crippen LogP contribution in [0.1, 0.15) is 52.9 Å². The highest BCUT2D eigenvalue weighted by molar-refractivity contribution is 5.69. The third-order valence-electron chi connectivity index (χ3n) is 2.11. The maximum Gasteiger partial charge on any atom is 0.310 e. The van der Waals surface area contributed by atoms with Crippen LogP contribution in [0, 0.1) is 5.92 Å². The molecule has 100 valence electrons. The van der Waals surface area contributed by atoms with Gasteiger partial charge in [0.25, 0.3) is 5.97 Å². The quantitative estimate of drug-likeness (QED) is 0.551. The van der Waals surface area contributed by atoms with Crippen LogP contribution in [0.2, 0.25) is 0 Å². The summed E-state index contributed by atoms with van der Waals surface area (Å²) in [4.78, 5) is 19.9. The van der Waals surface area contributed by atoms with Crippen molar-refractivity contribution in [2.45, 2.75) is 52.9 Å². The number of carboxylic acid groups (broad SMARTS) is 1. The normalized spacial score (nSPS) is 10.8. The molecule has 0 aromatic rings. The predicted molar refractivity (Wildman–Crippen MR) is 67.5 cm³/mol. The van der Waals surface area contributed by atoms with Crippen LogP contribution >= 0.6 is 0 Å². The van der Waals surface area contributed by atoms with E-state index in [0.29, 0.717) is 12.3 Å². The molecule has 0 aromatic heterocycles. The smallest absolute Gasteiger partial charge is 0.310 e. The van der Waals surface area contributed by atoms with Gasteiger partial charge in [0.05, 0.1) is 6.26 Å². The molecule has 4 heteroatoms. The van der Waals surface area contributed by atoms with Crippen molar-refractivity contribution >= 4 is 11.9 Å². The van der Waals surface area contributed by atoms with Gasteiger partial charge in [-0.05, 0) is 12.3 Å². The number of unbranched alkanes of at least 4 members (excludes halogenated alkanes) is 1. The molecular weight excluding hydrogens is 220 g/mol. The van der Waals surface area contributed by atoms with Crippen molar-refractivity contribution in [2.24, 2.45) is 5.92 Å². The molecule has 1 unspecified atom stereocenters. The summed E-state index contributed by atoms with van der Waals surface area (Å²) in [6, 6.07) is 0. The maximum absolute atomic E-state index is 10.9. The third kappa shape index (κ3) is 20.7. The second kappa shape index (κ2) is 12.7. The Labute approximate surface area is 104 Å². The first-order valence-corrected chi connectivity index (χ1v) is 5.93. The molecule has 0 aliphatic rings. The van der Waals surface area contributed by atoms with Crippen molar-refractivity contribution < 1.29 is 19.4 Å². The molecule has 1 N–H and O–H groups in total. The van der Waals surface area contributed by atoms with Crippen LogP contribution < -0.4 is 0 Å². The van der Waals surface area contributed by atoms with Gasteiger partial charge in [-0.1, -0.05) is 39.7 Å². The summed E-state index contributed by atoms with van der Waals surface area (Å²) in [5.74, 6) is -0.379. The summed E-state index contributed by atoms with van der Waals surface area (Å²) in [6.45, 7) is 8.77. The molecule has 0 saturated heterocycles. The number of ether oxygens (including phenoxy) is 1. The van der Waals surface area contributed by atoms with Crippen molar-refractivity contribution in [1.82, 2.24) is 0 Å². The van der Waals surface area contributed by atoms with Gasteiger partial charge in [-0.15, -0.1) is 0 Å². The molecule has 0 aliphatic heterocycles. The lowest BCUT2D eigenvalue weighted by atomic mass is 9.99. The van der Waals surface area contributed by atoms with E-state index in [0.717, 1.165) is 13.3 Å². The number of rotatable bonds is 7. The van der Waals surface area contributed by atoms with Crippen molar-refractivity contribution in [3.8, 4) is 0 Å². The van der Waals surface area contributed by atoms with Gasteiger partial charge in [-0.25, -0.2) is 0 Å². The van der Waals surface area contributed by atoms with E-state index in [4.69, 9.17) is 9.90 Å². The Morgan fingerprint density at radius 2 is 1.94 bits per heavy atom. The lowest BCUT2D eigenvalue weighted by molar-refractivity contribution is -0.138. The van der Waals surface area contributed by atoms with Crippen LogP contribution in [-0.4, -0.2) is 17.0 Å². The van der Waals surface area contributed by atoms with Crippen molar-refractivity contribution in [2.75, 3.05) is 0 Å². The zero-order chi connectivity index (χ0) is 13.7. The molecule has 0 aromatic carbocycles. The van der Waals surface area contributed by atoms with Gasteiger partial charge in [0.15, 0.2) is 0 Å². The highest BCUT2D eigenvalue weighted by Crippen LogP contribution is 2.13. The van der Waals surface area contributed by atoms with Gasteiger partial charge >= 0.3 is 5.97 Å². The molecular formula is C13H24O4. The fraction of sp³-hybridized carbons (Fsp3) is 0.692. The Morgan fingerprint density at radius 1 is 1.41 bits per heavy atom. The van der Waals surface area contributed by atoms with E-state index >= 15 is 0 Å². The van der Waals surface area contributed by atoms with Gasteiger partial charge in [-0.3, -0.25) is 9.59 Å². The standard InChI is InChI=1S/C11H20O2.C2H4O2/c1-4-6-7-10(3)8-9-11(12)13-5-2;1-2(3)4/h5,10H,2,4,6-9H2,1,3H3;1H3,(H,3,4). The lowest BCUT2D eigenvalue weighted by Gasteiger charge is -2.08. The molecule has 1 atom stereocenters. The minimum absolute atomic E-state index is 0.168. The fourth-order valence-corrected chi connectivity index (χ4v) is 1.21. The van der Waals surface area contributed by atoms with Crippen LogP contribution in [0.4, 0.5) is 0 Å². The van der Waals surface area contributed by atoms with Gasteiger partial charge in [0.1, 0.15) is 0 Å². The fourth-order valence-electron chi connectivity index (χ4n) is 1.21. The van der Waals surface area contributed by atoms with E-state index in [1.54, 1.807) is 0 Å². The molecule has 0 rings (SSSR count). The summed E-state index contributed by atoms with van der Waals surface area (Å²) in [5.41, 5.74) is 0. The first-order valence-electron chi connectivity index (χ1n) is 5.93. The zero-order valence-corrected chi connectivity index (χ0v) is 11.1. The van der Waals surface area contributed by atoms with Gasteiger partial charge in [0.2, 0.25) is 0 Å². The molecule has 0 aliphatic carbocycles. The average molecular weight is 244 g/mol. The Morgan fingerprint density at radius 3 is 2.35 bits per heavy atom. The van der Waals surface area contributed by atoms with Gasteiger partial charge in [0, 0.05) is 13.3 Å². The number of hydrogen-bond acceptors (Lipinski definition) is 3. The average Bonchev–Trinajstić information content (AvgIpc) is 2.23. The molecule has 0 heterocycles. The number of carbonyl (C=O) groups excluding carboxylic acids is 1. The Hall–Kier alpha value is -1.32. The summed E-state index contributed by atoms with van der Waals surface area (Å²) in [6.07, 6.45) is 6.31. The Balaban J connectivity index is 0. The first kappa shape index (κ1) is 18.1. The summed E-state index contributed by atoms with van der Waals surface area (Å²) >= 11 is 0. The number of aliphatic carboxylic acids is 1. The molecule has 17 heavy (non-hydrogen) atoms. The van der Waals surface area contributed by atoms with Crippen molar-refractivity contribution in [3.05, 3.63) is 12.8 Å². The van der Waals surface area contributed by atoms with E-state index in [9.17, 15) is 4.79 Å². The lowest BCUT2D eigenvalue weighted by Crippen LogP contribution is -2.03. The molecule has 0 fully saturated rings. The van der Waals surface area contributed by atoms with E-state index in [1.807, 2.05) is 0 Å². The summed E-state index contributed by atoms with van der Waals surface area (Å²) in [5, 5.41) is 7.42. The van der Waals surface area contributed by atoms with E-state index in [-0.39, 0.29) is 5.97 Å². The van der Waals surface area contributed by atoms with Crippen LogP contribution in [0.3, 0.4) is 0 Å². The van der Waals surface area contributed by atoms with E-state index in [1.165, 1.54) is 25.5 Å². The molecule has 0 saturated carbocycles. The van der Waals surface area contributed by atoms with Crippen LogP contribution in [0.15, 0.2) is 12.8 Å². The maximum atomic E-state index is 10.9. The SMILES string of the molecule is C=COC(=O)CCC(C)CCCC.CC(=O)O. The summed E-state index contributed by atoms with van der Waals surface area (Å²) < 4.78 is 4.62. The second-order valence-electron chi connectivity index (χ2n) is 3.96. The van der Waals surface area contributed by atoms with Crippen LogP contribution in [-0.2, 0) is 14.3 Å². The van der Waals surface area contributed by atoms with Crippen molar-refractivity contribution in [3.63, 3.8) is 0 Å². The second-order valence-corrected chi connectivity index (χ2v) is 3.96. The zero-order valence-electron chi connectivity index (χ0n) is 11.1. The largest absolute Gasteiger partial charge is 0.481 e. The van der Waals surface area contributed by atoms with E-state index in [2.05, 4.69) is 25.2 Å². The number of carbonyl (C=O) groups is 2. The molecule has 0 amide bonds. The number of hydrogen-bond donors (Lipinski definition) is 1. The van der Waals surface area contributed by atoms with E-state index < -0.39 is 5.97 Å². The Bertz CT molecular complexity index is 219. The van der Waals surface area contributed by atoms with Crippen LogP contribution in [0.5, 0.6) is 0 Å². The molecule has 0 radical (unpaired) electrons. The topological polar surface area (TPSA) is 63.6 Å². The minimum atomic E-state index is -0.833. The van der Waals surface area contributed by atoms with Crippen molar-refractivity contribution in [1.29, 1.82) is 0 Å². The number of esters is 1. The molecule has 0 spiro atoms. The molecule has 0 bridgehead atoms. The summed E-state index contributed by atoms with van der Waals surface area (Å²) in [7, 11) is 0. The monoisotopic (exact) mass is 244 g/mol. The Kier molecular flexibility index (Phi) is 13.5. The predicted octanol–water partition coefficient (Wildman–Crippen LogP) is 3.37.